The fourth-order valence-electron chi connectivity index (χ4n) is 3.19. The minimum atomic E-state index is -0.591. The Morgan fingerprint density at radius 1 is 1.08 bits per heavy atom. The highest BCUT2D eigenvalue weighted by molar-refractivity contribution is 5.95. The number of hydrogen-bond acceptors (Lipinski definition) is 3. The van der Waals surface area contributed by atoms with Gasteiger partial charge in [0.05, 0.1) is 12.8 Å². The normalized spacial score (nSPS) is 14.4. The SMILES string of the molecule is COc1ccc(C)cc1NC(=O)C(C)Oc1ccc2c(c1)CCCC2. The monoisotopic (exact) mass is 339 g/mol. The van der Waals surface area contributed by atoms with Gasteiger partial charge in [-0.3, -0.25) is 4.79 Å². The quantitative estimate of drug-likeness (QED) is 0.884. The van der Waals surface area contributed by atoms with Crippen molar-refractivity contribution in [2.45, 2.75) is 45.6 Å². The van der Waals surface area contributed by atoms with Crippen LogP contribution in [0.3, 0.4) is 0 Å². The average molecular weight is 339 g/mol. The number of rotatable bonds is 5. The van der Waals surface area contributed by atoms with Crippen LogP contribution in [-0.4, -0.2) is 19.1 Å². The van der Waals surface area contributed by atoms with E-state index in [1.807, 2.05) is 31.2 Å². The summed E-state index contributed by atoms with van der Waals surface area (Å²) in [5.41, 5.74) is 4.46. The number of carbonyl (C=O) groups excluding carboxylic acids is 1. The lowest BCUT2D eigenvalue weighted by Gasteiger charge is -2.19. The van der Waals surface area contributed by atoms with Gasteiger partial charge in [-0.2, -0.15) is 0 Å². The summed E-state index contributed by atoms with van der Waals surface area (Å²) in [6, 6.07) is 11.8. The molecule has 0 radical (unpaired) electrons. The number of aryl methyl sites for hydroxylation is 3. The molecule has 1 aliphatic carbocycles. The Balaban J connectivity index is 1.68. The van der Waals surface area contributed by atoms with Gasteiger partial charge in [0.1, 0.15) is 11.5 Å². The summed E-state index contributed by atoms with van der Waals surface area (Å²) in [6.07, 6.45) is 4.11. The maximum atomic E-state index is 12.5. The Morgan fingerprint density at radius 2 is 1.84 bits per heavy atom. The van der Waals surface area contributed by atoms with E-state index < -0.39 is 6.10 Å². The zero-order valence-corrected chi connectivity index (χ0v) is 15.1. The highest BCUT2D eigenvalue weighted by Gasteiger charge is 2.18. The van der Waals surface area contributed by atoms with E-state index in [1.54, 1.807) is 14.0 Å². The van der Waals surface area contributed by atoms with Crippen LogP contribution in [0, 0.1) is 6.92 Å². The van der Waals surface area contributed by atoms with E-state index in [-0.39, 0.29) is 5.91 Å². The molecule has 2 aromatic rings. The molecule has 1 atom stereocenters. The van der Waals surface area contributed by atoms with Gasteiger partial charge >= 0.3 is 0 Å². The van der Waals surface area contributed by atoms with Gasteiger partial charge < -0.3 is 14.8 Å². The lowest BCUT2D eigenvalue weighted by atomic mass is 9.92. The molecule has 0 bridgehead atoms. The second-order valence-electron chi connectivity index (χ2n) is 6.59. The van der Waals surface area contributed by atoms with Crippen LogP contribution < -0.4 is 14.8 Å². The summed E-state index contributed by atoms with van der Waals surface area (Å²) >= 11 is 0. The van der Waals surface area contributed by atoms with Gasteiger partial charge in [0.2, 0.25) is 0 Å². The minimum absolute atomic E-state index is 0.193. The van der Waals surface area contributed by atoms with Crippen molar-refractivity contribution in [3.8, 4) is 11.5 Å². The number of nitrogens with one attached hydrogen (secondary N) is 1. The number of methoxy groups -OCH3 is 1. The van der Waals surface area contributed by atoms with Crippen molar-refractivity contribution in [2.75, 3.05) is 12.4 Å². The molecule has 0 spiro atoms. The maximum Gasteiger partial charge on any atom is 0.265 e. The molecule has 0 saturated heterocycles. The average Bonchev–Trinajstić information content (AvgIpc) is 2.61. The summed E-state index contributed by atoms with van der Waals surface area (Å²) < 4.78 is 11.2. The first-order valence-electron chi connectivity index (χ1n) is 8.81. The molecule has 0 heterocycles. The fourth-order valence-corrected chi connectivity index (χ4v) is 3.19. The van der Waals surface area contributed by atoms with Gasteiger partial charge in [-0.1, -0.05) is 12.1 Å². The third-order valence-electron chi connectivity index (χ3n) is 4.61. The lowest BCUT2D eigenvalue weighted by molar-refractivity contribution is -0.122. The van der Waals surface area contributed by atoms with Crippen molar-refractivity contribution in [2.24, 2.45) is 0 Å². The van der Waals surface area contributed by atoms with E-state index in [4.69, 9.17) is 9.47 Å². The van der Waals surface area contributed by atoms with Gasteiger partial charge in [0.25, 0.3) is 5.91 Å². The molecule has 2 aromatic carbocycles. The second kappa shape index (κ2) is 7.60. The van der Waals surface area contributed by atoms with E-state index in [0.717, 1.165) is 24.2 Å². The van der Waals surface area contributed by atoms with Gasteiger partial charge in [-0.05, 0) is 80.5 Å². The Morgan fingerprint density at radius 3 is 2.60 bits per heavy atom. The Hall–Kier alpha value is -2.49. The van der Waals surface area contributed by atoms with Gasteiger partial charge in [-0.15, -0.1) is 0 Å². The van der Waals surface area contributed by atoms with Crippen LogP contribution in [0.2, 0.25) is 0 Å². The van der Waals surface area contributed by atoms with E-state index in [9.17, 15) is 4.79 Å². The zero-order chi connectivity index (χ0) is 17.8. The minimum Gasteiger partial charge on any atom is -0.495 e. The van der Waals surface area contributed by atoms with E-state index in [0.29, 0.717) is 11.4 Å². The molecule has 1 unspecified atom stereocenters. The molecule has 1 N–H and O–H groups in total. The fraction of sp³-hybridized carbons (Fsp3) is 0.381. The summed E-state index contributed by atoms with van der Waals surface area (Å²) in [5, 5.41) is 2.90. The molecule has 1 aliphatic rings. The van der Waals surface area contributed by atoms with E-state index >= 15 is 0 Å². The lowest BCUT2D eigenvalue weighted by Crippen LogP contribution is -2.30. The topological polar surface area (TPSA) is 47.6 Å². The number of amides is 1. The van der Waals surface area contributed by atoms with Crippen molar-refractivity contribution in [1.29, 1.82) is 0 Å². The third kappa shape index (κ3) is 4.13. The van der Waals surface area contributed by atoms with Crippen molar-refractivity contribution in [3.63, 3.8) is 0 Å². The van der Waals surface area contributed by atoms with E-state index in [1.165, 1.54) is 24.0 Å². The molecule has 0 aliphatic heterocycles. The standard InChI is InChI=1S/C21H25NO3/c1-14-8-11-20(24-3)19(12-14)22-21(23)15(2)25-18-10-9-16-6-4-5-7-17(16)13-18/h8-13,15H,4-7H2,1-3H3,(H,22,23). The van der Waals surface area contributed by atoms with Crippen molar-refractivity contribution >= 4 is 11.6 Å². The Bertz CT molecular complexity index is 770. The maximum absolute atomic E-state index is 12.5. The first-order chi connectivity index (χ1) is 12.1. The van der Waals surface area contributed by atoms with Crippen LogP contribution in [0.25, 0.3) is 0 Å². The van der Waals surface area contributed by atoms with Crippen molar-refractivity contribution < 1.29 is 14.3 Å². The van der Waals surface area contributed by atoms with Crippen LogP contribution in [0.4, 0.5) is 5.69 Å². The number of anilines is 1. The summed E-state index contributed by atoms with van der Waals surface area (Å²) in [5.74, 6) is 1.20. The molecule has 132 valence electrons. The zero-order valence-electron chi connectivity index (χ0n) is 15.1. The van der Waals surface area contributed by atoms with Crippen molar-refractivity contribution in [3.05, 3.63) is 53.1 Å². The van der Waals surface area contributed by atoms with Crippen LogP contribution >= 0.6 is 0 Å². The molecule has 0 fully saturated rings. The van der Waals surface area contributed by atoms with Crippen LogP contribution in [-0.2, 0) is 17.6 Å². The number of fused-ring (bicyclic) bond motifs is 1. The summed E-state index contributed by atoms with van der Waals surface area (Å²) in [6.45, 7) is 3.74. The predicted octanol–water partition coefficient (Wildman–Crippen LogP) is 4.29. The molecule has 4 heteroatoms. The first kappa shape index (κ1) is 17.3. The third-order valence-corrected chi connectivity index (χ3v) is 4.61. The van der Waals surface area contributed by atoms with Crippen LogP contribution in [0.15, 0.2) is 36.4 Å². The molecular formula is C21H25NO3. The Labute approximate surface area is 149 Å². The van der Waals surface area contributed by atoms with Crippen LogP contribution in [0.5, 0.6) is 11.5 Å². The second-order valence-corrected chi connectivity index (χ2v) is 6.59. The van der Waals surface area contributed by atoms with E-state index in [2.05, 4.69) is 17.4 Å². The van der Waals surface area contributed by atoms with Gasteiger partial charge in [0.15, 0.2) is 6.10 Å². The smallest absolute Gasteiger partial charge is 0.265 e. The predicted molar refractivity (Wildman–Crippen MR) is 99.5 cm³/mol. The molecule has 3 rings (SSSR count). The molecule has 1 amide bonds. The highest BCUT2D eigenvalue weighted by Crippen LogP contribution is 2.27. The largest absolute Gasteiger partial charge is 0.495 e. The van der Waals surface area contributed by atoms with Crippen LogP contribution in [0.1, 0.15) is 36.5 Å². The number of hydrogen-bond donors (Lipinski definition) is 1. The van der Waals surface area contributed by atoms with Crippen molar-refractivity contribution in [1.82, 2.24) is 0 Å². The summed E-state index contributed by atoms with van der Waals surface area (Å²) in [4.78, 5) is 12.5. The number of carbonyl (C=O) groups is 1. The molecule has 0 aromatic heterocycles. The molecule has 0 saturated carbocycles. The molecular weight excluding hydrogens is 314 g/mol. The molecule has 25 heavy (non-hydrogen) atoms. The highest BCUT2D eigenvalue weighted by atomic mass is 16.5. The van der Waals surface area contributed by atoms with Gasteiger partial charge in [-0.25, -0.2) is 0 Å². The Kier molecular flexibility index (Phi) is 5.27. The number of benzene rings is 2. The summed E-state index contributed by atoms with van der Waals surface area (Å²) in [7, 11) is 1.59. The van der Waals surface area contributed by atoms with Gasteiger partial charge in [0, 0.05) is 0 Å². The molecule has 4 nitrogen and oxygen atoms in total. The first-order valence-corrected chi connectivity index (χ1v) is 8.81. The number of ether oxygens (including phenoxy) is 2.